The number of hydrogen-bond donors (Lipinski definition) is 1. The quantitative estimate of drug-likeness (QED) is 0.439. The largest absolute Gasteiger partial charge is 0.354 e. The van der Waals surface area contributed by atoms with Crippen molar-refractivity contribution in [1.29, 1.82) is 0 Å². The highest BCUT2D eigenvalue weighted by Gasteiger charge is 2.05. The minimum absolute atomic E-state index is 0.0328. The van der Waals surface area contributed by atoms with Crippen molar-refractivity contribution >= 4 is 27.5 Å². The van der Waals surface area contributed by atoms with Crippen LogP contribution >= 0.6 is 0 Å². The van der Waals surface area contributed by atoms with Crippen LogP contribution in [0.3, 0.4) is 0 Å². The summed E-state index contributed by atoms with van der Waals surface area (Å²) in [5.41, 5.74) is 2.33. The summed E-state index contributed by atoms with van der Waals surface area (Å²) in [5, 5.41) is 11.0. The Morgan fingerprint density at radius 2 is 1.75 bits per heavy atom. The van der Waals surface area contributed by atoms with Crippen LogP contribution in [0.2, 0.25) is 0 Å². The topological polar surface area (TPSA) is 60.8 Å². The van der Waals surface area contributed by atoms with E-state index in [4.69, 9.17) is 0 Å². The van der Waals surface area contributed by atoms with Gasteiger partial charge in [0.05, 0.1) is 11.2 Å². The van der Waals surface area contributed by atoms with E-state index in [1.165, 1.54) is 0 Å². The molecule has 0 fully saturated rings. The number of pyridine rings is 1. The van der Waals surface area contributed by atoms with Crippen molar-refractivity contribution in [1.82, 2.24) is 9.99 Å². The smallest absolute Gasteiger partial charge is 0.197 e. The zero-order valence-corrected chi connectivity index (χ0v) is 11.3. The van der Waals surface area contributed by atoms with Gasteiger partial charge in [-0.25, -0.2) is 0 Å². The number of benzene rings is 2. The molecule has 0 aliphatic rings. The van der Waals surface area contributed by atoms with E-state index >= 15 is 0 Å². The predicted octanol–water partition coefficient (Wildman–Crippen LogP) is 3.24. The summed E-state index contributed by atoms with van der Waals surface area (Å²) >= 11 is 0. The second-order valence-corrected chi connectivity index (χ2v) is 4.77. The molecule has 100 valence electrons. The molecule has 0 atom stereocenters. The SMILES string of the molecule is CN(C)N=Nc1ccc2c(=O)c3ccccc3[nH]c2c1. The van der Waals surface area contributed by atoms with Crippen molar-refractivity contribution in [2.75, 3.05) is 14.1 Å². The van der Waals surface area contributed by atoms with Gasteiger partial charge < -0.3 is 4.98 Å². The number of fused-ring (bicyclic) bond motifs is 2. The molecule has 0 aliphatic carbocycles. The highest BCUT2D eigenvalue weighted by atomic mass is 16.1. The van der Waals surface area contributed by atoms with Crippen LogP contribution in [0, 0.1) is 0 Å². The summed E-state index contributed by atoms with van der Waals surface area (Å²) in [6.07, 6.45) is 0. The number of aromatic amines is 1. The Kier molecular flexibility index (Phi) is 2.95. The molecule has 0 bridgehead atoms. The van der Waals surface area contributed by atoms with Gasteiger partial charge in [0.1, 0.15) is 0 Å². The van der Waals surface area contributed by atoms with Gasteiger partial charge in [0.2, 0.25) is 0 Å². The van der Waals surface area contributed by atoms with Crippen LogP contribution in [0.1, 0.15) is 0 Å². The van der Waals surface area contributed by atoms with Crippen LogP contribution in [-0.2, 0) is 0 Å². The summed E-state index contributed by atoms with van der Waals surface area (Å²) < 4.78 is 0. The van der Waals surface area contributed by atoms with Gasteiger partial charge >= 0.3 is 0 Å². The number of nitrogens with zero attached hydrogens (tertiary/aromatic N) is 3. The van der Waals surface area contributed by atoms with Crippen LogP contribution in [0.25, 0.3) is 21.8 Å². The van der Waals surface area contributed by atoms with E-state index in [1.807, 2.05) is 30.3 Å². The van der Waals surface area contributed by atoms with Crippen molar-refractivity contribution in [3.8, 4) is 0 Å². The van der Waals surface area contributed by atoms with E-state index in [2.05, 4.69) is 15.3 Å². The number of rotatable bonds is 2. The summed E-state index contributed by atoms with van der Waals surface area (Å²) in [5.74, 6) is 0. The molecule has 20 heavy (non-hydrogen) atoms. The van der Waals surface area contributed by atoms with Crippen LogP contribution in [0.15, 0.2) is 57.6 Å². The van der Waals surface area contributed by atoms with E-state index in [1.54, 1.807) is 31.2 Å². The number of aromatic nitrogens is 1. The Morgan fingerprint density at radius 3 is 2.55 bits per heavy atom. The molecule has 1 heterocycles. The average Bonchev–Trinajstić information content (AvgIpc) is 2.45. The van der Waals surface area contributed by atoms with Gasteiger partial charge in [-0.05, 0) is 30.3 Å². The Labute approximate surface area is 115 Å². The number of para-hydroxylation sites is 1. The summed E-state index contributed by atoms with van der Waals surface area (Å²) in [6, 6.07) is 12.9. The molecule has 0 saturated heterocycles. The van der Waals surface area contributed by atoms with E-state index < -0.39 is 0 Å². The van der Waals surface area contributed by atoms with Crippen molar-refractivity contribution in [2.45, 2.75) is 0 Å². The van der Waals surface area contributed by atoms with Crippen molar-refractivity contribution < 1.29 is 0 Å². The molecule has 0 amide bonds. The van der Waals surface area contributed by atoms with Crippen LogP contribution < -0.4 is 5.43 Å². The van der Waals surface area contributed by atoms with E-state index in [0.717, 1.165) is 11.0 Å². The van der Waals surface area contributed by atoms with Gasteiger partial charge in [-0.2, -0.15) is 0 Å². The molecular weight excluding hydrogens is 252 g/mol. The van der Waals surface area contributed by atoms with Crippen LogP contribution in [0.5, 0.6) is 0 Å². The first-order chi connectivity index (χ1) is 9.65. The predicted molar refractivity (Wildman–Crippen MR) is 80.3 cm³/mol. The zero-order chi connectivity index (χ0) is 14.1. The minimum atomic E-state index is 0.0328. The molecular formula is C15H14N4O. The van der Waals surface area contributed by atoms with Crippen molar-refractivity contribution in [3.05, 3.63) is 52.7 Å². The standard InChI is InChI=1S/C15H14N4O/c1-19(2)18-17-10-7-8-12-14(9-10)16-13-6-4-3-5-11(13)15(12)20/h3-9H,1-2H3,(H,16,20). The normalized spacial score (nSPS) is 11.5. The Balaban J connectivity index is 2.24. The third-order valence-electron chi connectivity index (χ3n) is 3.03. The lowest BCUT2D eigenvalue weighted by Gasteiger charge is -2.04. The average molecular weight is 266 g/mol. The molecule has 2 aromatic carbocycles. The molecule has 0 unspecified atom stereocenters. The first kappa shape index (κ1) is 12.3. The van der Waals surface area contributed by atoms with Gasteiger partial charge in [0, 0.05) is 30.4 Å². The van der Waals surface area contributed by atoms with Crippen molar-refractivity contribution in [3.63, 3.8) is 0 Å². The van der Waals surface area contributed by atoms with E-state index in [0.29, 0.717) is 16.5 Å². The summed E-state index contributed by atoms with van der Waals surface area (Å²) in [4.78, 5) is 15.6. The maximum absolute atomic E-state index is 12.4. The Bertz CT molecular complexity index is 865. The van der Waals surface area contributed by atoms with E-state index in [9.17, 15) is 4.79 Å². The summed E-state index contributed by atoms with van der Waals surface area (Å²) in [7, 11) is 3.61. The molecule has 5 nitrogen and oxygen atoms in total. The Hall–Kier alpha value is -2.69. The third-order valence-corrected chi connectivity index (χ3v) is 3.03. The summed E-state index contributed by atoms with van der Waals surface area (Å²) in [6.45, 7) is 0. The lowest BCUT2D eigenvalue weighted by Crippen LogP contribution is -2.03. The highest BCUT2D eigenvalue weighted by molar-refractivity contribution is 5.93. The molecule has 0 aliphatic heterocycles. The number of hydrogen-bond acceptors (Lipinski definition) is 3. The van der Waals surface area contributed by atoms with Gasteiger partial charge in [-0.3, -0.25) is 9.80 Å². The van der Waals surface area contributed by atoms with Gasteiger partial charge in [-0.15, -0.1) is 5.11 Å². The highest BCUT2D eigenvalue weighted by Crippen LogP contribution is 2.20. The van der Waals surface area contributed by atoms with Gasteiger partial charge in [-0.1, -0.05) is 17.4 Å². The minimum Gasteiger partial charge on any atom is -0.354 e. The van der Waals surface area contributed by atoms with E-state index in [-0.39, 0.29) is 5.43 Å². The van der Waals surface area contributed by atoms with Gasteiger partial charge in [0.15, 0.2) is 5.43 Å². The first-order valence-electron chi connectivity index (χ1n) is 6.29. The number of nitrogens with one attached hydrogen (secondary N) is 1. The second kappa shape index (κ2) is 4.77. The lowest BCUT2D eigenvalue weighted by molar-refractivity contribution is 0.408. The zero-order valence-electron chi connectivity index (χ0n) is 11.3. The molecule has 0 radical (unpaired) electrons. The lowest BCUT2D eigenvalue weighted by atomic mass is 10.1. The van der Waals surface area contributed by atoms with Crippen LogP contribution in [-0.4, -0.2) is 24.1 Å². The van der Waals surface area contributed by atoms with Crippen LogP contribution in [0.4, 0.5) is 5.69 Å². The van der Waals surface area contributed by atoms with Crippen molar-refractivity contribution in [2.24, 2.45) is 10.3 Å². The fourth-order valence-electron chi connectivity index (χ4n) is 2.12. The first-order valence-corrected chi connectivity index (χ1v) is 6.29. The molecule has 3 rings (SSSR count). The number of H-pyrrole nitrogens is 1. The fourth-order valence-corrected chi connectivity index (χ4v) is 2.12. The molecule has 1 N–H and O–H groups in total. The van der Waals surface area contributed by atoms with Gasteiger partial charge in [0.25, 0.3) is 0 Å². The maximum atomic E-state index is 12.4. The molecule has 0 spiro atoms. The molecule has 0 saturated carbocycles. The molecule has 3 aromatic rings. The molecule has 1 aromatic heterocycles. The molecule has 5 heteroatoms. The Morgan fingerprint density at radius 1 is 1.00 bits per heavy atom. The fraction of sp³-hybridized carbons (Fsp3) is 0.133. The third kappa shape index (κ3) is 2.14. The maximum Gasteiger partial charge on any atom is 0.197 e. The second-order valence-electron chi connectivity index (χ2n) is 4.77. The monoisotopic (exact) mass is 266 g/mol.